The molecule has 0 rings (SSSR count). The van der Waals surface area contributed by atoms with Crippen LogP contribution in [0, 0.1) is 17.8 Å². The van der Waals surface area contributed by atoms with Gasteiger partial charge in [-0.25, -0.2) is 0 Å². The van der Waals surface area contributed by atoms with Gasteiger partial charge in [-0.2, -0.15) is 75.8 Å². The van der Waals surface area contributed by atoms with Crippen LogP contribution in [0.25, 0.3) is 0 Å². The van der Waals surface area contributed by atoms with Crippen molar-refractivity contribution in [2.45, 2.75) is 86.4 Å². The van der Waals surface area contributed by atoms with Gasteiger partial charge in [-0.1, -0.05) is 20.8 Å². The first-order valence-corrected chi connectivity index (χ1v) is 17.3. The van der Waals surface area contributed by atoms with Gasteiger partial charge < -0.3 is 29.7 Å². The van der Waals surface area contributed by atoms with Gasteiger partial charge in [-0.15, -0.1) is 0 Å². The third-order valence-electron chi connectivity index (χ3n) is 4.78. The molecule has 0 spiro atoms. The number of carbonyl (C=O) groups is 3. The number of hydrogen-bond donors (Lipinski definition) is 6. The van der Waals surface area contributed by atoms with Crippen molar-refractivity contribution in [3.8, 4) is 0 Å². The van der Waals surface area contributed by atoms with E-state index in [1.54, 1.807) is 43.3 Å². The van der Waals surface area contributed by atoms with Gasteiger partial charge in [-0.05, 0) is 17.3 Å². The second-order valence-electron chi connectivity index (χ2n) is 8.06. The van der Waals surface area contributed by atoms with Crippen molar-refractivity contribution in [1.29, 1.82) is 0 Å². The number of aliphatic carboxylic acids is 3. The summed E-state index contributed by atoms with van der Waals surface area (Å²) in [5, 5.41) is 29.9. The summed E-state index contributed by atoms with van der Waals surface area (Å²) in [6, 6.07) is 0. The van der Waals surface area contributed by atoms with Crippen LogP contribution < -0.4 is 15.3 Å². The summed E-state index contributed by atoms with van der Waals surface area (Å²) in [5.41, 5.74) is 0. The molecule has 0 amide bonds. The molecule has 0 aromatic rings. The summed E-state index contributed by atoms with van der Waals surface area (Å²) < 4.78 is 1.46. The summed E-state index contributed by atoms with van der Waals surface area (Å²) in [7, 11) is 0. The van der Waals surface area contributed by atoms with Crippen molar-refractivity contribution in [1.82, 2.24) is 0 Å². The first kappa shape index (κ1) is 44.3. The Morgan fingerprint density at radius 1 is 0.611 bits per heavy atom. The van der Waals surface area contributed by atoms with Crippen molar-refractivity contribution >= 4 is 116 Å². The molecule has 0 aliphatic carbocycles. The molecule has 0 aliphatic rings. The topological polar surface area (TPSA) is 120 Å². The van der Waals surface area contributed by atoms with Gasteiger partial charge in [0.15, 0.2) is 0 Å². The van der Waals surface area contributed by atoms with E-state index >= 15 is 0 Å². The second-order valence-corrected chi connectivity index (χ2v) is 13.0. The Bertz CT molecular complexity index is 473. The number of carboxylic acids is 3. The third-order valence-corrected chi connectivity index (χ3v) is 8.04. The first-order valence-electron chi connectivity index (χ1n) is 11.8. The summed E-state index contributed by atoms with van der Waals surface area (Å²) in [6.45, 7) is 7.39. The molecule has 36 heavy (non-hydrogen) atoms. The molecule has 6 nitrogen and oxygen atoms in total. The van der Waals surface area contributed by atoms with Crippen LogP contribution in [0.15, 0.2) is 0 Å². The number of carbonyl (C=O) groups excluding carboxylic acids is 3. The predicted octanol–water partition coefficient (Wildman–Crippen LogP) is 1.74. The zero-order valence-electron chi connectivity index (χ0n) is 21.7. The average Bonchev–Trinajstić information content (AvgIpc) is 2.75. The Balaban J connectivity index is -0.000000190. The molecule has 212 valence electrons. The van der Waals surface area contributed by atoms with E-state index in [2.05, 4.69) is 82.7 Å². The van der Waals surface area contributed by atoms with E-state index in [1.807, 2.05) is 0 Å². The molecule has 0 bridgehead atoms. The van der Waals surface area contributed by atoms with Gasteiger partial charge in [-0.3, -0.25) is 0 Å². The fraction of sp³-hybridized carbons (Fsp3) is 0.870. The number of unbranched alkanes of at least 4 members (excludes halogenated alkanes) is 5. The number of carboxylic acid groups (broad SMARTS) is 3. The van der Waals surface area contributed by atoms with Crippen LogP contribution in [0.2, 0.25) is 4.44 Å². The van der Waals surface area contributed by atoms with Crippen LogP contribution in [0.3, 0.4) is 0 Å². The average molecular weight is 728 g/mol. The van der Waals surface area contributed by atoms with Crippen LogP contribution in [0.1, 0.15) is 66.2 Å². The van der Waals surface area contributed by atoms with Crippen molar-refractivity contribution in [2.75, 3.05) is 17.3 Å². The molecule has 0 aromatic heterocycles. The summed E-state index contributed by atoms with van der Waals surface area (Å²) in [4.78, 5) is 30.5. The van der Waals surface area contributed by atoms with Crippen LogP contribution in [0.5, 0.6) is 0 Å². The molecule has 0 aliphatic heterocycles. The summed E-state index contributed by atoms with van der Waals surface area (Å²) in [6.07, 6.45) is 8.71. The van der Waals surface area contributed by atoms with Gasteiger partial charge in [0.25, 0.3) is 0 Å². The molecule has 0 aromatic carbocycles. The van der Waals surface area contributed by atoms with Crippen LogP contribution in [-0.4, -0.2) is 73.4 Å². The molecule has 0 radical (unpaired) electrons. The molecular formula is C23H44O6S6Sn. The van der Waals surface area contributed by atoms with Gasteiger partial charge in [0.2, 0.25) is 0 Å². The Hall–Kier alpha value is 1.31. The summed E-state index contributed by atoms with van der Waals surface area (Å²) >= 11 is 25.0. The van der Waals surface area contributed by atoms with E-state index in [0.717, 1.165) is 0 Å². The maximum atomic E-state index is 10.2. The molecule has 0 fully saturated rings. The second kappa shape index (κ2) is 30.8. The fourth-order valence-electron chi connectivity index (χ4n) is 2.18. The normalized spacial score (nSPS) is 15.1. The van der Waals surface area contributed by atoms with E-state index in [4.69, 9.17) is 0 Å². The van der Waals surface area contributed by atoms with Gasteiger partial charge in [0.1, 0.15) is 0 Å². The Morgan fingerprint density at radius 3 is 1.00 bits per heavy atom. The van der Waals surface area contributed by atoms with Gasteiger partial charge in [0, 0.05) is 51.4 Å². The minimum absolute atomic E-state index is 0.188. The standard InChI is InChI=1S/C8H17.3C5H10O2S2.Sn/c1-3-5-7-8-6-4-2;3*1-3(9)4(2-8)5(6)7;/h1,3-8H2,2H3;3*3-4,8-9H,2H2,1H3,(H,6,7);/q;;;;+3/p-3. The fourth-order valence-corrected chi connectivity index (χ4v) is 5.47. The van der Waals surface area contributed by atoms with Crippen LogP contribution in [0.4, 0.5) is 0 Å². The predicted molar refractivity (Wildman–Crippen MR) is 166 cm³/mol. The first-order chi connectivity index (χ1) is 16.7. The van der Waals surface area contributed by atoms with E-state index < -0.39 is 35.7 Å². The van der Waals surface area contributed by atoms with Crippen molar-refractivity contribution in [2.24, 2.45) is 17.8 Å². The van der Waals surface area contributed by atoms with Crippen LogP contribution in [-0.2, 0) is 14.4 Å². The molecule has 0 heterocycles. The Kier molecular flexibility index (Phi) is 38.0. The number of hydrogen-bond acceptors (Lipinski definition) is 12. The molecular weight excluding hydrogens is 683 g/mol. The number of thiol groups is 6. The van der Waals surface area contributed by atoms with E-state index in [0.29, 0.717) is 0 Å². The summed E-state index contributed by atoms with van der Waals surface area (Å²) in [5.74, 6) is -4.01. The third kappa shape index (κ3) is 29.9. The molecule has 0 saturated heterocycles. The number of rotatable bonds is 15. The Labute approximate surface area is 265 Å². The zero-order chi connectivity index (χ0) is 29.3. The molecule has 13 heteroatoms. The van der Waals surface area contributed by atoms with E-state index in [9.17, 15) is 29.7 Å². The van der Waals surface area contributed by atoms with Gasteiger partial charge >= 0.3 is 72.4 Å². The van der Waals surface area contributed by atoms with Gasteiger partial charge in [0.05, 0.1) is 0 Å². The molecule has 6 atom stereocenters. The quantitative estimate of drug-likeness (QED) is 0.0870. The van der Waals surface area contributed by atoms with E-state index in [1.165, 1.54) is 43.0 Å². The van der Waals surface area contributed by atoms with E-state index in [-0.39, 0.29) is 33.0 Å². The molecule has 6 unspecified atom stereocenters. The Morgan fingerprint density at radius 2 is 0.861 bits per heavy atom. The minimum atomic E-state index is -1.08. The molecule has 0 N–H and O–H groups in total. The zero-order valence-corrected chi connectivity index (χ0v) is 29.9. The SMILES string of the molecule is CC(S)C(CS)C(=O)[O-].CC(S)C(CS)C(=O)[O-].CC(S)C(CS)C(=O)[O-].CCCCCCC[CH2][Sn+3]. The van der Waals surface area contributed by atoms with Crippen molar-refractivity contribution in [3.05, 3.63) is 0 Å². The maximum absolute atomic E-state index is 10.2. The van der Waals surface area contributed by atoms with Crippen LogP contribution >= 0.6 is 75.8 Å². The molecule has 0 saturated carbocycles. The monoisotopic (exact) mass is 728 g/mol. The van der Waals surface area contributed by atoms with Crippen molar-refractivity contribution in [3.63, 3.8) is 0 Å². The van der Waals surface area contributed by atoms with Crippen molar-refractivity contribution < 1.29 is 29.7 Å².